The summed E-state index contributed by atoms with van der Waals surface area (Å²) in [5, 5.41) is 9.24. The van der Waals surface area contributed by atoms with Gasteiger partial charge >= 0.3 is 6.03 Å². The molecule has 8 heteroatoms. The summed E-state index contributed by atoms with van der Waals surface area (Å²) in [6, 6.07) is 1.71. The molecule has 24 heavy (non-hydrogen) atoms. The normalized spacial score (nSPS) is 14.4. The van der Waals surface area contributed by atoms with Crippen molar-refractivity contribution in [2.75, 3.05) is 39.3 Å². The zero-order valence-electron chi connectivity index (χ0n) is 13.9. The minimum Gasteiger partial charge on any atom is -0.352 e. The van der Waals surface area contributed by atoms with E-state index in [9.17, 15) is 14.4 Å². The molecule has 1 aliphatic heterocycles. The Labute approximate surface area is 146 Å². The molecule has 4 amide bonds. The second kappa shape index (κ2) is 9.27. The van der Waals surface area contributed by atoms with Gasteiger partial charge < -0.3 is 20.4 Å². The predicted molar refractivity (Wildman–Crippen MR) is 93.1 cm³/mol. The lowest BCUT2D eigenvalue weighted by Crippen LogP contribution is -2.53. The van der Waals surface area contributed by atoms with E-state index in [0.717, 1.165) is 0 Å². The summed E-state index contributed by atoms with van der Waals surface area (Å²) in [6.07, 6.45) is 1.02. The second-order valence-corrected chi connectivity index (χ2v) is 6.35. The Bertz CT molecular complexity index is 554. The van der Waals surface area contributed by atoms with Gasteiger partial charge in [0.15, 0.2) is 0 Å². The van der Waals surface area contributed by atoms with E-state index < -0.39 is 0 Å². The van der Waals surface area contributed by atoms with Gasteiger partial charge in [-0.05, 0) is 24.8 Å². The first-order valence-electron chi connectivity index (χ1n) is 8.22. The fraction of sp³-hybridized carbons (Fsp3) is 0.562. The van der Waals surface area contributed by atoms with Crippen molar-refractivity contribution >= 4 is 29.2 Å². The maximum Gasteiger partial charge on any atom is 0.317 e. The summed E-state index contributed by atoms with van der Waals surface area (Å²) in [6.45, 7) is 5.23. The zero-order valence-corrected chi connectivity index (χ0v) is 14.7. The summed E-state index contributed by atoms with van der Waals surface area (Å²) in [5.41, 5.74) is 0.660. The molecule has 0 spiro atoms. The Morgan fingerprint density at radius 3 is 2.46 bits per heavy atom. The fourth-order valence-corrected chi connectivity index (χ4v) is 3.15. The number of thiophene rings is 1. The number of rotatable bonds is 6. The third-order valence-corrected chi connectivity index (χ3v) is 4.57. The first-order valence-corrected chi connectivity index (χ1v) is 9.17. The minimum atomic E-state index is -0.0979. The Kier molecular flexibility index (Phi) is 7.05. The van der Waals surface area contributed by atoms with Crippen molar-refractivity contribution in [2.24, 2.45) is 0 Å². The van der Waals surface area contributed by atoms with Crippen LogP contribution in [-0.2, 0) is 4.79 Å². The van der Waals surface area contributed by atoms with Crippen LogP contribution in [-0.4, -0.2) is 66.9 Å². The van der Waals surface area contributed by atoms with Crippen LogP contribution in [0.15, 0.2) is 16.8 Å². The van der Waals surface area contributed by atoms with E-state index in [4.69, 9.17) is 0 Å². The first kappa shape index (κ1) is 18.3. The molecule has 2 heterocycles. The minimum absolute atomic E-state index is 0.0688. The number of hydrogen-bond acceptors (Lipinski definition) is 4. The van der Waals surface area contributed by atoms with Crippen LogP contribution in [0.4, 0.5) is 4.79 Å². The van der Waals surface area contributed by atoms with E-state index in [1.165, 1.54) is 11.3 Å². The van der Waals surface area contributed by atoms with Gasteiger partial charge in [-0.1, -0.05) is 0 Å². The van der Waals surface area contributed by atoms with Crippen molar-refractivity contribution in [3.63, 3.8) is 0 Å². The molecule has 1 aromatic rings. The molecule has 7 nitrogen and oxygen atoms in total. The average Bonchev–Trinajstić information content (AvgIpc) is 3.13. The molecule has 2 rings (SSSR count). The Hall–Kier alpha value is -2.09. The van der Waals surface area contributed by atoms with Gasteiger partial charge in [0.1, 0.15) is 0 Å². The van der Waals surface area contributed by atoms with Crippen LogP contribution in [0.25, 0.3) is 0 Å². The molecule has 0 aliphatic carbocycles. The van der Waals surface area contributed by atoms with Crippen LogP contribution in [0.1, 0.15) is 30.1 Å². The third kappa shape index (κ3) is 5.23. The third-order valence-electron chi connectivity index (χ3n) is 3.88. The average molecular weight is 352 g/mol. The van der Waals surface area contributed by atoms with Crippen molar-refractivity contribution in [2.45, 2.75) is 19.8 Å². The summed E-state index contributed by atoms with van der Waals surface area (Å²) in [4.78, 5) is 39.2. The molecule has 1 aliphatic rings. The molecular weight excluding hydrogens is 328 g/mol. The van der Waals surface area contributed by atoms with E-state index in [1.54, 1.807) is 21.2 Å². The molecule has 0 saturated carbocycles. The largest absolute Gasteiger partial charge is 0.352 e. The van der Waals surface area contributed by atoms with Crippen molar-refractivity contribution in [1.29, 1.82) is 0 Å². The number of hydrogen-bond donors (Lipinski definition) is 2. The van der Waals surface area contributed by atoms with Crippen LogP contribution >= 0.6 is 11.3 Å². The van der Waals surface area contributed by atoms with Gasteiger partial charge in [-0.2, -0.15) is 11.3 Å². The number of piperazine rings is 1. The van der Waals surface area contributed by atoms with Gasteiger partial charge in [-0.15, -0.1) is 0 Å². The van der Waals surface area contributed by atoms with Crippen LogP contribution in [0.2, 0.25) is 0 Å². The Balaban J connectivity index is 1.61. The second-order valence-electron chi connectivity index (χ2n) is 5.57. The molecule has 0 atom stereocenters. The lowest BCUT2D eigenvalue weighted by Gasteiger charge is -2.34. The number of amides is 4. The standard InChI is InChI=1S/C16H24N4O3S/c1-2-17-16(23)20-9-7-19(8-10-20)14(21)4-3-6-18-15(22)13-5-11-24-12-13/h5,11-12H,2-4,6-10H2,1H3,(H,17,23)(H,18,22). The summed E-state index contributed by atoms with van der Waals surface area (Å²) in [7, 11) is 0. The van der Waals surface area contributed by atoms with Gasteiger partial charge in [0, 0.05) is 56.6 Å². The molecule has 2 N–H and O–H groups in total. The zero-order chi connectivity index (χ0) is 17.4. The van der Waals surface area contributed by atoms with Crippen LogP contribution in [0.3, 0.4) is 0 Å². The highest BCUT2D eigenvalue weighted by Crippen LogP contribution is 2.07. The van der Waals surface area contributed by atoms with Gasteiger partial charge in [0.25, 0.3) is 5.91 Å². The molecule has 0 bridgehead atoms. The van der Waals surface area contributed by atoms with Crippen molar-refractivity contribution in [3.8, 4) is 0 Å². The molecule has 0 radical (unpaired) electrons. The molecule has 0 unspecified atom stereocenters. The Morgan fingerprint density at radius 2 is 1.83 bits per heavy atom. The first-order chi connectivity index (χ1) is 11.6. The molecule has 1 aromatic heterocycles. The van der Waals surface area contributed by atoms with Crippen LogP contribution < -0.4 is 10.6 Å². The van der Waals surface area contributed by atoms with Gasteiger partial charge in [0.2, 0.25) is 5.91 Å². The Morgan fingerprint density at radius 1 is 1.12 bits per heavy atom. The highest BCUT2D eigenvalue weighted by atomic mass is 32.1. The molecule has 1 fully saturated rings. The maximum atomic E-state index is 12.2. The topological polar surface area (TPSA) is 81.8 Å². The summed E-state index contributed by atoms with van der Waals surface area (Å²) in [5.74, 6) is -0.0189. The van der Waals surface area contributed by atoms with E-state index in [1.807, 2.05) is 12.3 Å². The summed E-state index contributed by atoms with van der Waals surface area (Å²) < 4.78 is 0. The fourth-order valence-electron chi connectivity index (χ4n) is 2.52. The van der Waals surface area contributed by atoms with E-state index in [2.05, 4.69) is 10.6 Å². The number of urea groups is 1. The SMILES string of the molecule is CCNC(=O)N1CCN(C(=O)CCCNC(=O)c2ccsc2)CC1. The van der Waals surface area contributed by atoms with E-state index in [0.29, 0.717) is 57.7 Å². The summed E-state index contributed by atoms with van der Waals surface area (Å²) >= 11 is 1.48. The van der Waals surface area contributed by atoms with E-state index >= 15 is 0 Å². The number of carbonyl (C=O) groups is 3. The monoisotopic (exact) mass is 352 g/mol. The maximum absolute atomic E-state index is 12.2. The lowest BCUT2D eigenvalue weighted by molar-refractivity contribution is -0.132. The van der Waals surface area contributed by atoms with E-state index in [-0.39, 0.29) is 17.8 Å². The van der Waals surface area contributed by atoms with Crippen molar-refractivity contribution < 1.29 is 14.4 Å². The highest BCUT2D eigenvalue weighted by Gasteiger charge is 2.23. The molecule has 132 valence electrons. The van der Waals surface area contributed by atoms with Gasteiger partial charge in [-0.25, -0.2) is 4.79 Å². The molecule has 0 aromatic carbocycles. The van der Waals surface area contributed by atoms with Gasteiger partial charge in [0.05, 0.1) is 0 Å². The molecule has 1 saturated heterocycles. The number of nitrogens with one attached hydrogen (secondary N) is 2. The quantitative estimate of drug-likeness (QED) is 0.753. The van der Waals surface area contributed by atoms with Gasteiger partial charge in [-0.3, -0.25) is 9.59 Å². The van der Waals surface area contributed by atoms with Crippen LogP contribution in [0.5, 0.6) is 0 Å². The lowest BCUT2D eigenvalue weighted by atomic mass is 10.2. The van der Waals surface area contributed by atoms with Crippen molar-refractivity contribution in [3.05, 3.63) is 22.4 Å². The highest BCUT2D eigenvalue weighted by molar-refractivity contribution is 7.08. The smallest absolute Gasteiger partial charge is 0.317 e. The van der Waals surface area contributed by atoms with Crippen molar-refractivity contribution in [1.82, 2.24) is 20.4 Å². The molecular formula is C16H24N4O3S. The number of nitrogens with zero attached hydrogens (tertiary/aromatic N) is 2. The predicted octanol–water partition coefficient (Wildman–Crippen LogP) is 1.13. The number of carbonyl (C=O) groups excluding carboxylic acids is 3. The van der Waals surface area contributed by atoms with Crippen LogP contribution in [0, 0.1) is 0 Å².